The zero-order chi connectivity index (χ0) is 15.9. The van der Waals surface area contributed by atoms with E-state index >= 15 is 0 Å². The minimum atomic E-state index is -3.11. The Balaban J connectivity index is 2.38. The van der Waals surface area contributed by atoms with E-state index < -0.39 is 10.0 Å². The summed E-state index contributed by atoms with van der Waals surface area (Å²) in [5.41, 5.74) is 1.14. The Labute approximate surface area is 128 Å². The van der Waals surface area contributed by atoms with Crippen molar-refractivity contribution in [1.29, 1.82) is 0 Å². The zero-order valence-corrected chi connectivity index (χ0v) is 14.0. The highest BCUT2D eigenvalue weighted by Crippen LogP contribution is 2.17. The van der Waals surface area contributed by atoms with Crippen LogP contribution in [0.25, 0.3) is 0 Å². The Bertz CT molecular complexity index is 512. The van der Waals surface area contributed by atoms with Gasteiger partial charge in [-0.05, 0) is 30.5 Å². The van der Waals surface area contributed by atoms with Crippen molar-refractivity contribution in [3.05, 3.63) is 29.8 Å². The van der Waals surface area contributed by atoms with Crippen molar-refractivity contribution in [3.8, 4) is 5.75 Å². The van der Waals surface area contributed by atoms with Crippen LogP contribution in [0.3, 0.4) is 0 Å². The topological polar surface area (TPSA) is 67.4 Å². The highest BCUT2D eigenvalue weighted by molar-refractivity contribution is 7.88. The highest BCUT2D eigenvalue weighted by atomic mass is 32.2. The average Bonchev–Trinajstić information content (AvgIpc) is 2.40. The van der Waals surface area contributed by atoms with Gasteiger partial charge in [0.1, 0.15) is 5.75 Å². The number of rotatable bonds is 9. The number of hydrogen-bond acceptors (Lipinski definition) is 4. The van der Waals surface area contributed by atoms with E-state index in [-0.39, 0.29) is 6.04 Å². The molecule has 1 atom stereocenters. The zero-order valence-electron chi connectivity index (χ0n) is 13.2. The second kappa shape index (κ2) is 8.36. The number of ether oxygens (including phenoxy) is 1. The predicted molar refractivity (Wildman–Crippen MR) is 86.0 cm³/mol. The molecule has 0 saturated heterocycles. The monoisotopic (exact) mass is 314 g/mol. The molecule has 1 aromatic carbocycles. The van der Waals surface area contributed by atoms with Crippen LogP contribution in [0.4, 0.5) is 0 Å². The number of sulfonamides is 1. The van der Waals surface area contributed by atoms with Crippen LogP contribution in [0.2, 0.25) is 0 Å². The van der Waals surface area contributed by atoms with E-state index in [4.69, 9.17) is 4.74 Å². The van der Waals surface area contributed by atoms with E-state index in [1.54, 1.807) is 0 Å². The molecule has 0 amide bonds. The molecular weight excluding hydrogens is 288 g/mol. The van der Waals surface area contributed by atoms with Crippen LogP contribution in [0.15, 0.2) is 24.3 Å². The average molecular weight is 314 g/mol. The third kappa shape index (κ3) is 8.04. The van der Waals surface area contributed by atoms with Crippen molar-refractivity contribution < 1.29 is 13.2 Å². The van der Waals surface area contributed by atoms with E-state index in [0.717, 1.165) is 17.6 Å². The molecule has 0 saturated carbocycles. The molecule has 0 bridgehead atoms. The van der Waals surface area contributed by atoms with Crippen LogP contribution >= 0.6 is 0 Å². The van der Waals surface area contributed by atoms with Gasteiger partial charge in [0, 0.05) is 19.1 Å². The molecule has 1 rings (SSSR count). The molecule has 21 heavy (non-hydrogen) atoms. The Hall–Kier alpha value is -1.11. The van der Waals surface area contributed by atoms with Gasteiger partial charge in [0.2, 0.25) is 10.0 Å². The van der Waals surface area contributed by atoms with Crippen LogP contribution in [-0.4, -0.2) is 34.4 Å². The molecule has 0 heterocycles. The lowest BCUT2D eigenvalue weighted by molar-refractivity contribution is 0.271. The van der Waals surface area contributed by atoms with Gasteiger partial charge < -0.3 is 10.1 Å². The minimum absolute atomic E-state index is 0.158. The van der Waals surface area contributed by atoms with Crippen molar-refractivity contribution in [2.24, 2.45) is 5.92 Å². The van der Waals surface area contributed by atoms with Gasteiger partial charge in [-0.1, -0.05) is 26.0 Å². The molecule has 0 aromatic heterocycles. The van der Waals surface area contributed by atoms with E-state index in [9.17, 15) is 8.42 Å². The van der Waals surface area contributed by atoms with Crippen molar-refractivity contribution in [1.82, 2.24) is 10.0 Å². The first-order valence-electron chi connectivity index (χ1n) is 7.18. The van der Waals surface area contributed by atoms with E-state index in [2.05, 4.69) is 23.9 Å². The molecule has 1 aromatic rings. The van der Waals surface area contributed by atoms with Gasteiger partial charge in [0.25, 0.3) is 0 Å². The molecule has 0 fully saturated rings. The number of benzene rings is 1. The second-order valence-corrected chi connectivity index (χ2v) is 7.45. The molecule has 5 nitrogen and oxygen atoms in total. The molecule has 120 valence electrons. The van der Waals surface area contributed by atoms with Crippen molar-refractivity contribution >= 4 is 10.0 Å². The SMILES string of the molecule is CC(C)COc1ccc(C(C)NCCNS(C)(=O)=O)cc1. The highest BCUT2D eigenvalue weighted by Gasteiger charge is 2.06. The van der Waals surface area contributed by atoms with Gasteiger partial charge >= 0.3 is 0 Å². The molecule has 0 aliphatic heterocycles. The molecule has 0 aliphatic carbocycles. The van der Waals surface area contributed by atoms with Crippen LogP contribution in [0.1, 0.15) is 32.4 Å². The summed E-state index contributed by atoms with van der Waals surface area (Å²) in [6.45, 7) is 7.96. The smallest absolute Gasteiger partial charge is 0.208 e. The first-order valence-corrected chi connectivity index (χ1v) is 9.08. The van der Waals surface area contributed by atoms with Crippen molar-refractivity contribution in [2.45, 2.75) is 26.8 Å². The normalized spacial score (nSPS) is 13.4. The molecule has 0 spiro atoms. The predicted octanol–water partition coefficient (Wildman–Crippen LogP) is 1.92. The van der Waals surface area contributed by atoms with E-state index in [1.165, 1.54) is 0 Å². The third-order valence-corrected chi connectivity index (χ3v) is 3.63. The standard InChI is InChI=1S/C15H26N2O3S/c1-12(2)11-20-15-7-5-14(6-8-15)13(3)16-9-10-17-21(4,18)19/h5-8,12-13,16-17H,9-11H2,1-4H3. The maximum atomic E-state index is 10.9. The fourth-order valence-corrected chi connectivity index (χ4v) is 2.23. The summed E-state index contributed by atoms with van der Waals surface area (Å²) in [4.78, 5) is 0. The fourth-order valence-electron chi connectivity index (χ4n) is 1.76. The molecule has 0 radical (unpaired) electrons. The van der Waals surface area contributed by atoms with Gasteiger partial charge in [-0.15, -0.1) is 0 Å². The van der Waals surface area contributed by atoms with Gasteiger partial charge in [-0.2, -0.15) is 0 Å². The summed E-state index contributed by atoms with van der Waals surface area (Å²) in [5.74, 6) is 1.38. The maximum absolute atomic E-state index is 10.9. The molecule has 2 N–H and O–H groups in total. The Morgan fingerprint density at radius 2 is 1.71 bits per heavy atom. The lowest BCUT2D eigenvalue weighted by atomic mass is 10.1. The largest absolute Gasteiger partial charge is 0.493 e. The quantitative estimate of drug-likeness (QED) is 0.683. The van der Waals surface area contributed by atoms with E-state index in [0.29, 0.717) is 25.6 Å². The first-order chi connectivity index (χ1) is 9.78. The Morgan fingerprint density at radius 1 is 1.10 bits per heavy atom. The van der Waals surface area contributed by atoms with Crippen LogP contribution < -0.4 is 14.8 Å². The van der Waals surface area contributed by atoms with Crippen LogP contribution in [0, 0.1) is 5.92 Å². The fraction of sp³-hybridized carbons (Fsp3) is 0.600. The molecular formula is C15H26N2O3S. The summed E-state index contributed by atoms with van der Waals surface area (Å²) in [7, 11) is -3.11. The summed E-state index contributed by atoms with van der Waals surface area (Å²) in [6.07, 6.45) is 1.16. The van der Waals surface area contributed by atoms with E-state index in [1.807, 2.05) is 31.2 Å². The minimum Gasteiger partial charge on any atom is -0.493 e. The maximum Gasteiger partial charge on any atom is 0.208 e. The van der Waals surface area contributed by atoms with Gasteiger partial charge in [-0.25, -0.2) is 13.1 Å². The second-order valence-electron chi connectivity index (χ2n) is 5.62. The van der Waals surface area contributed by atoms with Gasteiger partial charge in [0.05, 0.1) is 12.9 Å². The van der Waals surface area contributed by atoms with Crippen LogP contribution in [0.5, 0.6) is 5.75 Å². The first kappa shape index (κ1) is 17.9. The lowest BCUT2D eigenvalue weighted by Gasteiger charge is -2.15. The Kier molecular flexibility index (Phi) is 7.14. The lowest BCUT2D eigenvalue weighted by Crippen LogP contribution is -2.32. The number of nitrogens with one attached hydrogen (secondary N) is 2. The van der Waals surface area contributed by atoms with Crippen molar-refractivity contribution in [2.75, 3.05) is 26.0 Å². The summed E-state index contributed by atoms with van der Waals surface area (Å²) in [5, 5.41) is 3.27. The summed E-state index contributed by atoms with van der Waals surface area (Å²) in [6, 6.07) is 8.13. The summed E-state index contributed by atoms with van der Waals surface area (Å²) >= 11 is 0. The van der Waals surface area contributed by atoms with Crippen LogP contribution in [-0.2, 0) is 10.0 Å². The van der Waals surface area contributed by atoms with Crippen molar-refractivity contribution in [3.63, 3.8) is 0 Å². The van der Waals surface area contributed by atoms with Gasteiger partial charge in [0.15, 0.2) is 0 Å². The summed E-state index contributed by atoms with van der Waals surface area (Å²) < 4.78 is 30.0. The Morgan fingerprint density at radius 3 is 2.24 bits per heavy atom. The number of hydrogen-bond donors (Lipinski definition) is 2. The third-order valence-electron chi connectivity index (χ3n) is 2.90. The molecule has 6 heteroatoms. The van der Waals surface area contributed by atoms with Gasteiger partial charge in [-0.3, -0.25) is 0 Å². The molecule has 0 aliphatic rings. The molecule has 1 unspecified atom stereocenters.